The molecule has 0 aromatic heterocycles. The number of amides is 1. The third-order valence-electron chi connectivity index (χ3n) is 3.54. The van der Waals surface area contributed by atoms with Crippen molar-refractivity contribution in [1.29, 1.82) is 0 Å². The Morgan fingerprint density at radius 1 is 1.50 bits per heavy atom. The molecule has 1 aliphatic rings. The molecule has 0 heterocycles. The molecule has 0 aromatic rings. The molecule has 4 nitrogen and oxygen atoms in total. The van der Waals surface area contributed by atoms with Gasteiger partial charge in [-0.2, -0.15) is 0 Å². The van der Waals surface area contributed by atoms with Gasteiger partial charge in [0.05, 0.1) is 12.1 Å². The SMILES string of the molecule is CCOC1CC(N)C1NC(=O)C(C)(C)CC. The zero-order valence-electron chi connectivity index (χ0n) is 10.7. The van der Waals surface area contributed by atoms with Crippen LogP contribution in [0.5, 0.6) is 0 Å². The molecule has 1 amide bonds. The molecule has 4 heteroatoms. The molecule has 1 aliphatic carbocycles. The van der Waals surface area contributed by atoms with Crippen molar-refractivity contribution in [2.24, 2.45) is 11.1 Å². The summed E-state index contributed by atoms with van der Waals surface area (Å²) >= 11 is 0. The number of ether oxygens (including phenoxy) is 1. The normalized spacial score (nSPS) is 29.7. The highest BCUT2D eigenvalue weighted by Crippen LogP contribution is 2.25. The second kappa shape index (κ2) is 5.15. The number of hydrogen-bond donors (Lipinski definition) is 2. The van der Waals surface area contributed by atoms with Gasteiger partial charge in [-0.25, -0.2) is 0 Å². The van der Waals surface area contributed by atoms with E-state index >= 15 is 0 Å². The van der Waals surface area contributed by atoms with Crippen LogP contribution in [-0.4, -0.2) is 30.7 Å². The van der Waals surface area contributed by atoms with E-state index in [1.165, 1.54) is 0 Å². The van der Waals surface area contributed by atoms with E-state index < -0.39 is 0 Å². The molecule has 16 heavy (non-hydrogen) atoms. The van der Waals surface area contributed by atoms with Crippen molar-refractivity contribution in [2.75, 3.05) is 6.61 Å². The summed E-state index contributed by atoms with van der Waals surface area (Å²) in [6, 6.07) is 0.0198. The topological polar surface area (TPSA) is 64.3 Å². The third-order valence-corrected chi connectivity index (χ3v) is 3.54. The van der Waals surface area contributed by atoms with E-state index in [4.69, 9.17) is 10.5 Å². The molecule has 94 valence electrons. The second-order valence-electron chi connectivity index (χ2n) is 5.13. The number of hydrogen-bond acceptors (Lipinski definition) is 3. The van der Waals surface area contributed by atoms with Gasteiger partial charge in [0.25, 0.3) is 0 Å². The van der Waals surface area contributed by atoms with Gasteiger partial charge in [-0.1, -0.05) is 20.8 Å². The first-order valence-corrected chi connectivity index (χ1v) is 6.10. The van der Waals surface area contributed by atoms with Crippen LogP contribution in [-0.2, 0) is 9.53 Å². The first-order valence-electron chi connectivity index (χ1n) is 6.10. The molecule has 3 atom stereocenters. The van der Waals surface area contributed by atoms with E-state index in [2.05, 4.69) is 5.32 Å². The largest absolute Gasteiger partial charge is 0.376 e. The van der Waals surface area contributed by atoms with E-state index in [-0.39, 0.29) is 29.5 Å². The van der Waals surface area contributed by atoms with E-state index in [1.54, 1.807) is 0 Å². The Morgan fingerprint density at radius 3 is 2.56 bits per heavy atom. The van der Waals surface area contributed by atoms with Crippen molar-refractivity contribution >= 4 is 5.91 Å². The summed E-state index contributed by atoms with van der Waals surface area (Å²) in [5, 5.41) is 3.00. The predicted molar refractivity (Wildman–Crippen MR) is 64.0 cm³/mol. The van der Waals surface area contributed by atoms with Crippen molar-refractivity contribution in [2.45, 2.75) is 58.7 Å². The van der Waals surface area contributed by atoms with Crippen LogP contribution in [0.15, 0.2) is 0 Å². The van der Waals surface area contributed by atoms with Crippen molar-refractivity contribution in [3.05, 3.63) is 0 Å². The summed E-state index contributed by atoms with van der Waals surface area (Å²) in [6.45, 7) is 8.53. The number of nitrogens with two attached hydrogens (primary N) is 1. The molecule has 1 rings (SSSR count). The van der Waals surface area contributed by atoms with Gasteiger partial charge in [-0.15, -0.1) is 0 Å². The van der Waals surface area contributed by atoms with Crippen molar-refractivity contribution in [3.8, 4) is 0 Å². The maximum atomic E-state index is 12.0. The van der Waals surface area contributed by atoms with Crippen LogP contribution in [0, 0.1) is 5.41 Å². The molecule has 0 radical (unpaired) electrons. The fourth-order valence-electron chi connectivity index (χ4n) is 1.73. The Hall–Kier alpha value is -0.610. The minimum Gasteiger partial charge on any atom is -0.376 e. The summed E-state index contributed by atoms with van der Waals surface area (Å²) < 4.78 is 5.51. The molecule has 3 N–H and O–H groups in total. The van der Waals surface area contributed by atoms with Gasteiger partial charge in [-0.3, -0.25) is 4.79 Å². The lowest BCUT2D eigenvalue weighted by molar-refractivity contribution is -0.134. The van der Waals surface area contributed by atoms with E-state index in [9.17, 15) is 4.79 Å². The lowest BCUT2D eigenvalue weighted by Gasteiger charge is -2.43. The maximum Gasteiger partial charge on any atom is 0.226 e. The number of carbonyl (C=O) groups excluding carboxylic acids is 1. The van der Waals surface area contributed by atoms with Gasteiger partial charge in [0.2, 0.25) is 5.91 Å². The van der Waals surface area contributed by atoms with Gasteiger partial charge < -0.3 is 15.8 Å². The summed E-state index contributed by atoms with van der Waals surface area (Å²) in [7, 11) is 0. The summed E-state index contributed by atoms with van der Waals surface area (Å²) in [6.07, 6.45) is 1.75. The van der Waals surface area contributed by atoms with Crippen LogP contribution in [0.25, 0.3) is 0 Å². The van der Waals surface area contributed by atoms with Crippen LogP contribution in [0.4, 0.5) is 0 Å². The van der Waals surface area contributed by atoms with E-state index in [0.717, 1.165) is 12.8 Å². The molecular formula is C12H24N2O2. The molecule has 0 saturated heterocycles. The first kappa shape index (κ1) is 13.5. The molecule has 0 spiro atoms. The van der Waals surface area contributed by atoms with Gasteiger partial charge in [0.1, 0.15) is 0 Å². The number of carbonyl (C=O) groups is 1. The monoisotopic (exact) mass is 228 g/mol. The average Bonchev–Trinajstić information content (AvgIpc) is 2.25. The molecule has 0 bridgehead atoms. The van der Waals surface area contributed by atoms with E-state index in [1.807, 2.05) is 27.7 Å². The molecule has 1 fully saturated rings. The van der Waals surface area contributed by atoms with Gasteiger partial charge >= 0.3 is 0 Å². The quantitative estimate of drug-likeness (QED) is 0.739. The molecule has 1 saturated carbocycles. The van der Waals surface area contributed by atoms with Crippen LogP contribution in [0.2, 0.25) is 0 Å². The highest BCUT2D eigenvalue weighted by molar-refractivity contribution is 5.82. The molecule has 0 aliphatic heterocycles. The highest BCUT2D eigenvalue weighted by atomic mass is 16.5. The van der Waals surface area contributed by atoms with Crippen LogP contribution in [0.1, 0.15) is 40.5 Å². The average molecular weight is 228 g/mol. The highest BCUT2D eigenvalue weighted by Gasteiger charge is 2.42. The fraction of sp³-hybridized carbons (Fsp3) is 0.917. The lowest BCUT2D eigenvalue weighted by Crippen LogP contribution is -2.66. The number of rotatable bonds is 5. The van der Waals surface area contributed by atoms with E-state index in [0.29, 0.717) is 6.61 Å². The first-order chi connectivity index (χ1) is 7.42. The molecule has 0 aromatic carbocycles. The van der Waals surface area contributed by atoms with Crippen molar-refractivity contribution in [1.82, 2.24) is 5.32 Å². The van der Waals surface area contributed by atoms with Crippen LogP contribution >= 0.6 is 0 Å². The summed E-state index contributed by atoms with van der Waals surface area (Å²) in [5.41, 5.74) is 5.55. The minimum atomic E-state index is -0.327. The second-order valence-corrected chi connectivity index (χ2v) is 5.13. The van der Waals surface area contributed by atoms with Gasteiger partial charge in [-0.05, 0) is 19.8 Å². The zero-order chi connectivity index (χ0) is 12.3. The Bertz CT molecular complexity index is 251. The Kier molecular flexibility index (Phi) is 4.33. The Morgan fingerprint density at radius 2 is 2.12 bits per heavy atom. The van der Waals surface area contributed by atoms with Gasteiger partial charge in [0, 0.05) is 18.1 Å². The predicted octanol–water partition coefficient (Wildman–Crippen LogP) is 1.04. The minimum absolute atomic E-state index is 0.0155. The molecular weight excluding hydrogens is 204 g/mol. The lowest BCUT2D eigenvalue weighted by atomic mass is 9.81. The van der Waals surface area contributed by atoms with Crippen molar-refractivity contribution < 1.29 is 9.53 Å². The van der Waals surface area contributed by atoms with Crippen molar-refractivity contribution in [3.63, 3.8) is 0 Å². The van der Waals surface area contributed by atoms with Gasteiger partial charge in [0.15, 0.2) is 0 Å². The third kappa shape index (κ3) is 2.74. The smallest absolute Gasteiger partial charge is 0.226 e. The maximum absolute atomic E-state index is 12.0. The fourth-order valence-corrected chi connectivity index (χ4v) is 1.73. The summed E-state index contributed by atoms with van der Waals surface area (Å²) in [5.74, 6) is 0.0693. The zero-order valence-corrected chi connectivity index (χ0v) is 10.7. The standard InChI is InChI=1S/C12H24N2O2/c1-5-12(3,4)11(15)14-10-8(13)7-9(10)16-6-2/h8-10H,5-7,13H2,1-4H3,(H,14,15). The summed E-state index contributed by atoms with van der Waals surface area (Å²) in [4.78, 5) is 12.0. The Balaban J connectivity index is 2.50. The van der Waals surface area contributed by atoms with Crippen LogP contribution < -0.4 is 11.1 Å². The Labute approximate surface area is 97.9 Å². The number of nitrogens with one attached hydrogen (secondary N) is 1. The van der Waals surface area contributed by atoms with Crippen LogP contribution in [0.3, 0.4) is 0 Å². The molecule has 3 unspecified atom stereocenters.